The van der Waals surface area contributed by atoms with Gasteiger partial charge in [-0.05, 0) is 19.5 Å². The largest absolute Gasteiger partial charge is 0.327 e. The molecule has 0 aliphatic carbocycles. The van der Waals surface area contributed by atoms with Crippen molar-refractivity contribution >= 4 is 11.6 Å². The van der Waals surface area contributed by atoms with Crippen molar-refractivity contribution in [3.8, 4) is 0 Å². The van der Waals surface area contributed by atoms with Crippen LogP contribution >= 0.6 is 0 Å². The molecule has 1 aromatic heterocycles. The highest BCUT2D eigenvalue weighted by atomic mass is 16.1. The first-order chi connectivity index (χ1) is 9.58. The van der Waals surface area contributed by atoms with Crippen LogP contribution in [0.2, 0.25) is 0 Å². The molecule has 1 aromatic rings. The molecular weight excluding hydrogens is 254 g/mol. The standard InChI is InChI=1S/C14H27N5O/c1-4-12(15)9-14(20)17-13-10-16-19(11-13)8-7-18(5-2)6-3/h10-12H,4-9,15H2,1-3H3,(H,17,20). The SMILES string of the molecule is CCC(N)CC(=O)Nc1cnn(CCN(CC)CC)c1. The first-order valence-electron chi connectivity index (χ1n) is 7.39. The van der Waals surface area contributed by atoms with Crippen LogP contribution in [0.25, 0.3) is 0 Å². The molecule has 1 atom stereocenters. The maximum absolute atomic E-state index is 11.7. The summed E-state index contributed by atoms with van der Waals surface area (Å²) < 4.78 is 1.85. The van der Waals surface area contributed by atoms with E-state index in [1.54, 1.807) is 6.20 Å². The zero-order valence-electron chi connectivity index (χ0n) is 12.8. The van der Waals surface area contributed by atoms with E-state index in [1.165, 1.54) is 0 Å². The van der Waals surface area contributed by atoms with Gasteiger partial charge in [0.1, 0.15) is 0 Å². The van der Waals surface area contributed by atoms with Crippen molar-refractivity contribution in [2.45, 2.75) is 46.2 Å². The van der Waals surface area contributed by atoms with Crippen LogP contribution in [0.5, 0.6) is 0 Å². The smallest absolute Gasteiger partial charge is 0.226 e. The van der Waals surface area contributed by atoms with Gasteiger partial charge in [0.2, 0.25) is 5.91 Å². The second kappa shape index (κ2) is 8.71. The van der Waals surface area contributed by atoms with Gasteiger partial charge in [0.25, 0.3) is 0 Å². The summed E-state index contributed by atoms with van der Waals surface area (Å²) in [6, 6.07) is -0.0762. The minimum Gasteiger partial charge on any atom is -0.327 e. The summed E-state index contributed by atoms with van der Waals surface area (Å²) in [6.45, 7) is 10.1. The summed E-state index contributed by atoms with van der Waals surface area (Å²) in [7, 11) is 0. The highest BCUT2D eigenvalue weighted by Gasteiger charge is 2.09. The number of likely N-dealkylation sites (N-methyl/N-ethyl adjacent to an activating group) is 1. The van der Waals surface area contributed by atoms with E-state index in [0.29, 0.717) is 6.42 Å². The molecule has 0 fully saturated rings. The number of anilines is 1. The van der Waals surface area contributed by atoms with E-state index in [9.17, 15) is 4.79 Å². The Bertz CT molecular complexity index is 400. The van der Waals surface area contributed by atoms with Crippen LogP contribution in [0.4, 0.5) is 5.69 Å². The lowest BCUT2D eigenvalue weighted by atomic mass is 10.1. The number of rotatable bonds is 9. The molecule has 114 valence electrons. The number of hydrogen-bond donors (Lipinski definition) is 2. The van der Waals surface area contributed by atoms with Crippen LogP contribution in [0.1, 0.15) is 33.6 Å². The van der Waals surface area contributed by atoms with Gasteiger partial charge in [0.15, 0.2) is 0 Å². The number of amides is 1. The lowest BCUT2D eigenvalue weighted by Gasteiger charge is -2.17. The Balaban J connectivity index is 2.41. The van der Waals surface area contributed by atoms with Gasteiger partial charge in [0, 0.05) is 25.2 Å². The molecule has 0 saturated heterocycles. The lowest BCUT2D eigenvalue weighted by Crippen LogP contribution is -2.27. The molecule has 1 unspecified atom stereocenters. The lowest BCUT2D eigenvalue weighted by molar-refractivity contribution is -0.116. The van der Waals surface area contributed by atoms with Crippen molar-refractivity contribution in [2.24, 2.45) is 5.73 Å². The molecule has 6 nitrogen and oxygen atoms in total. The van der Waals surface area contributed by atoms with Gasteiger partial charge in [-0.2, -0.15) is 5.10 Å². The van der Waals surface area contributed by atoms with Crippen LogP contribution in [-0.4, -0.2) is 46.3 Å². The van der Waals surface area contributed by atoms with E-state index in [-0.39, 0.29) is 11.9 Å². The van der Waals surface area contributed by atoms with Crippen molar-refractivity contribution < 1.29 is 4.79 Å². The number of nitrogens with one attached hydrogen (secondary N) is 1. The van der Waals surface area contributed by atoms with Crippen LogP contribution in [0, 0.1) is 0 Å². The predicted molar refractivity (Wildman–Crippen MR) is 81.5 cm³/mol. The number of carbonyl (C=O) groups is 1. The van der Waals surface area contributed by atoms with E-state index < -0.39 is 0 Å². The number of aromatic nitrogens is 2. The molecule has 1 amide bonds. The Hall–Kier alpha value is -1.40. The monoisotopic (exact) mass is 281 g/mol. The maximum atomic E-state index is 11.7. The highest BCUT2D eigenvalue weighted by molar-refractivity contribution is 5.90. The van der Waals surface area contributed by atoms with Crippen molar-refractivity contribution in [2.75, 3.05) is 25.0 Å². The zero-order valence-corrected chi connectivity index (χ0v) is 12.8. The third-order valence-corrected chi connectivity index (χ3v) is 3.43. The average Bonchev–Trinajstić information content (AvgIpc) is 2.87. The van der Waals surface area contributed by atoms with Crippen LogP contribution < -0.4 is 11.1 Å². The highest BCUT2D eigenvalue weighted by Crippen LogP contribution is 2.06. The predicted octanol–water partition coefficient (Wildman–Crippen LogP) is 1.29. The molecule has 0 spiro atoms. The van der Waals surface area contributed by atoms with Gasteiger partial charge in [0.05, 0.1) is 18.4 Å². The van der Waals surface area contributed by atoms with Crippen LogP contribution in [-0.2, 0) is 11.3 Å². The fourth-order valence-corrected chi connectivity index (χ4v) is 1.93. The van der Waals surface area contributed by atoms with E-state index in [4.69, 9.17) is 5.73 Å². The summed E-state index contributed by atoms with van der Waals surface area (Å²) in [4.78, 5) is 14.0. The van der Waals surface area contributed by atoms with Crippen LogP contribution in [0.3, 0.4) is 0 Å². The van der Waals surface area contributed by atoms with E-state index in [0.717, 1.165) is 38.3 Å². The molecule has 20 heavy (non-hydrogen) atoms. The molecule has 0 aliphatic rings. The summed E-state index contributed by atoms with van der Waals surface area (Å²) in [5.74, 6) is -0.0531. The van der Waals surface area contributed by atoms with Gasteiger partial charge in [-0.25, -0.2) is 0 Å². The Kier molecular flexibility index (Phi) is 7.25. The van der Waals surface area contributed by atoms with E-state index in [1.807, 2.05) is 17.8 Å². The number of nitrogens with zero attached hydrogens (tertiary/aromatic N) is 3. The fourth-order valence-electron chi connectivity index (χ4n) is 1.93. The van der Waals surface area contributed by atoms with Gasteiger partial charge in [-0.1, -0.05) is 20.8 Å². The normalized spacial score (nSPS) is 12.7. The molecule has 0 bridgehead atoms. The zero-order chi connectivity index (χ0) is 15.0. The molecule has 3 N–H and O–H groups in total. The third-order valence-electron chi connectivity index (χ3n) is 3.43. The third kappa shape index (κ3) is 5.71. The maximum Gasteiger partial charge on any atom is 0.226 e. The minimum absolute atomic E-state index is 0.0531. The second-order valence-electron chi connectivity index (χ2n) is 4.94. The van der Waals surface area contributed by atoms with Crippen molar-refractivity contribution in [1.29, 1.82) is 0 Å². The number of carbonyl (C=O) groups excluding carboxylic acids is 1. The Labute approximate surface area is 121 Å². The summed E-state index contributed by atoms with van der Waals surface area (Å²) in [6.07, 6.45) is 4.69. The molecule has 0 aliphatic heterocycles. The molecule has 0 saturated carbocycles. The molecular formula is C14H27N5O. The van der Waals surface area contributed by atoms with Gasteiger partial charge in [-0.3, -0.25) is 9.48 Å². The van der Waals surface area contributed by atoms with Gasteiger partial charge >= 0.3 is 0 Å². The molecule has 1 rings (SSSR count). The second-order valence-corrected chi connectivity index (χ2v) is 4.94. The summed E-state index contributed by atoms with van der Waals surface area (Å²) >= 11 is 0. The van der Waals surface area contributed by atoms with Gasteiger partial charge in [-0.15, -0.1) is 0 Å². The van der Waals surface area contributed by atoms with Crippen molar-refractivity contribution in [1.82, 2.24) is 14.7 Å². The molecule has 6 heteroatoms. The fraction of sp³-hybridized carbons (Fsp3) is 0.714. The topological polar surface area (TPSA) is 76.2 Å². The average molecular weight is 281 g/mol. The Morgan fingerprint density at radius 3 is 2.75 bits per heavy atom. The first-order valence-corrected chi connectivity index (χ1v) is 7.39. The number of nitrogens with two attached hydrogens (primary N) is 1. The Morgan fingerprint density at radius 1 is 1.45 bits per heavy atom. The number of hydrogen-bond acceptors (Lipinski definition) is 4. The molecule has 0 aromatic carbocycles. The van der Waals surface area contributed by atoms with Gasteiger partial charge < -0.3 is 16.0 Å². The Morgan fingerprint density at radius 2 is 2.15 bits per heavy atom. The quantitative estimate of drug-likeness (QED) is 0.715. The first kappa shape index (κ1) is 16.7. The van der Waals surface area contributed by atoms with Crippen molar-refractivity contribution in [3.63, 3.8) is 0 Å². The summed E-state index contributed by atoms with van der Waals surface area (Å²) in [5.41, 5.74) is 6.49. The molecule has 0 radical (unpaired) electrons. The summed E-state index contributed by atoms with van der Waals surface area (Å²) in [5, 5.41) is 7.08. The van der Waals surface area contributed by atoms with Crippen molar-refractivity contribution in [3.05, 3.63) is 12.4 Å². The van der Waals surface area contributed by atoms with E-state index >= 15 is 0 Å². The van der Waals surface area contributed by atoms with Crippen LogP contribution in [0.15, 0.2) is 12.4 Å². The minimum atomic E-state index is -0.0762. The van der Waals surface area contributed by atoms with E-state index in [2.05, 4.69) is 29.2 Å². The molecule has 1 heterocycles.